The lowest BCUT2D eigenvalue weighted by Gasteiger charge is -2.37. The number of rotatable bonds is 3. The monoisotopic (exact) mass is 256 g/mol. The second-order valence-corrected chi connectivity index (χ2v) is 6.02. The second-order valence-electron chi connectivity index (χ2n) is 6.02. The average Bonchev–Trinajstić information content (AvgIpc) is 2.27. The van der Waals surface area contributed by atoms with Gasteiger partial charge in [0.05, 0.1) is 5.92 Å². The zero-order chi connectivity index (χ0) is 13.9. The molecule has 2 N–H and O–H groups in total. The summed E-state index contributed by atoms with van der Waals surface area (Å²) in [6, 6.07) is -0.504. The third-order valence-electron chi connectivity index (χ3n) is 3.89. The number of likely N-dealkylation sites (tertiary alicyclic amines) is 1. The molecule has 0 aromatic heterocycles. The Kier molecular flexibility index (Phi) is 4.59. The standard InChI is InChI=1S/C13H24N2O3/c1-9(11(16)17)10(2)14-12(18)15-7-5-13(3,4)6-8-15/h9-10H,5-8H2,1-4H3,(H,14,18)(H,16,17). The van der Waals surface area contributed by atoms with E-state index in [1.54, 1.807) is 18.7 Å². The molecule has 1 saturated heterocycles. The number of nitrogens with one attached hydrogen (secondary N) is 1. The van der Waals surface area contributed by atoms with Crippen LogP contribution >= 0.6 is 0 Å². The smallest absolute Gasteiger partial charge is 0.317 e. The summed E-state index contributed by atoms with van der Waals surface area (Å²) in [6.45, 7) is 9.23. The van der Waals surface area contributed by atoms with Crippen LogP contribution in [0.25, 0.3) is 0 Å². The number of hydrogen-bond acceptors (Lipinski definition) is 2. The number of amides is 2. The van der Waals surface area contributed by atoms with Crippen molar-refractivity contribution >= 4 is 12.0 Å². The minimum absolute atomic E-state index is 0.147. The summed E-state index contributed by atoms with van der Waals surface area (Å²) in [4.78, 5) is 24.6. The van der Waals surface area contributed by atoms with Crippen LogP contribution in [0.2, 0.25) is 0 Å². The molecule has 104 valence electrons. The van der Waals surface area contributed by atoms with Crippen LogP contribution in [-0.2, 0) is 4.79 Å². The van der Waals surface area contributed by atoms with E-state index in [-0.39, 0.29) is 12.1 Å². The Morgan fingerprint density at radius 3 is 2.17 bits per heavy atom. The molecule has 0 radical (unpaired) electrons. The predicted octanol–water partition coefficient (Wildman–Crippen LogP) is 1.93. The zero-order valence-electron chi connectivity index (χ0n) is 11.7. The number of piperidine rings is 1. The van der Waals surface area contributed by atoms with Crippen molar-refractivity contribution in [1.29, 1.82) is 0 Å². The number of carboxylic acid groups (broad SMARTS) is 1. The second kappa shape index (κ2) is 5.59. The molecule has 2 amide bonds. The molecule has 1 heterocycles. The number of nitrogens with zero attached hydrogens (tertiary/aromatic N) is 1. The Morgan fingerprint density at radius 1 is 1.22 bits per heavy atom. The van der Waals surface area contributed by atoms with Gasteiger partial charge in [0.25, 0.3) is 0 Å². The van der Waals surface area contributed by atoms with E-state index in [1.807, 2.05) is 0 Å². The summed E-state index contributed by atoms with van der Waals surface area (Å²) in [6.07, 6.45) is 1.98. The van der Waals surface area contributed by atoms with Crippen molar-refractivity contribution < 1.29 is 14.7 Å². The molecule has 0 saturated carbocycles. The van der Waals surface area contributed by atoms with E-state index < -0.39 is 11.9 Å². The van der Waals surface area contributed by atoms with Gasteiger partial charge in [0.15, 0.2) is 0 Å². The molecule has 2 atom stereocenters. The molecule has 1 aliphatic heterocycles. The molecular weight excluding hydrogens is 232 g/mol. The summed E-state index contributed by atoms with van der Waals surface area (Å²) in [5, 5.41) is 11.6. The van der Waals surface area contributed by atoms with Gasteiger partial charge in [-0.3, -0.25) is 4.79 Å². The van der Waals surface area contributed by atoms with Crippen molar-refractivity contribution in [3.8, 4) is 0 Å². The molecule has 1 aliphatic rings. The minimum Gasteiger partial charge on any atom is -0.481 e. The van der Waals surface area contributed by atoms with E-state index in [4.69, 9.17) is 5.11 Å². The van der Waals surface area contributed by atoms with Crippen molar-refractivity contribution in [3.05, 3.63) is 0 Å². The highest BCUT2D eigenvalue weighted by Crippen LogP contribution is 2.29. The van der Waals surface area contributed by atoms with Crippen LogP contribution in [0.4, 0.5) is 4.79 Å². The summed E-state index contributed by atoms with van der Waals surface area (Å²) >= 11 is 0. The largest absolute Gasteiger partial charge is 0.481 e. The van der Waals surface area contributed by atoms with Gasteiger partial charge in [-0.1, -0.05) is 13.8 Å². The summed E-state index contributed by atoms with van der Waals surface area (Å²) in [5.41, 5.74) is 0.302. The summed E-state index contributed by atoms with van der Waals surface area (Å²) in [7, 11) is 0. The predicted molar refractivity (Wildman–Crippen MR) is 69.4 cm³/mol. The maximum absolute atomic E-state index is 12.0. The molecule has 5 nitrogen and oxygen atoms in total. The van der Waals surface area contributed by atoms with Gasteiger partial charge in [-0.05, 0) is 32.1 Å². The quantitative estimate of drug-likeness (QED) is 0.810. The molecule has 0 bridgehead atoms. The van der Waals surface area contributed by atoms with E-state index in [0.717, 1.165) is 25.9 Å². The van der Waals surface area contributed by atoms with Crippen LogP contribution < -0.4 is 5.32 Å². The van der Waals surface area contributed by atoms with Gasteiger partial charge in [0, 0.05) is 19.1 Å². The minimum atomic E-state index is -0.887. The third-order valence-corrected chi connectivity index (χ3v) is 3.89. The molecule has 1 rings (SSSR count). The van der Waals surface area contributed by atoms with Gasteiger partial charge in [-0.25, -0.2) is 4.79 Å². The van der Waals surface area contributed by atoms with Crippen molar-refractivity contribution in [2.75, 3.05) is 13.1 Å². The lowest BCUT2D eigenvalue weighted by Crippen LogP contribution is -2.50. The van der Waals surface area contributed by atoms with E-state index in [2.05, 4.69) is 19.2 Å². The Hall–Kier alpha value is -1.26. The first kappa shape index (κ1) is 14.8. The number of urea groups is 1. The highest BCUT2D eigenvalue weighted by molar-refractivity contribution is 5.76. The molecule has 2 unspecified atom stereocenters. The van der Waals surface area contributed by atoms with Crippen LogP contribution in [0.1, 0.15) is 40.5 Å². The molecule has 18 heavy (non-hydrogen) atoms. The Morgan fingerprint density at radius 2 is 1.72 bits per heavy atom. The van der Waals surface area contributed by atoms with E-state index in [0.29, 0.717) is 5.41 Å². The van der Waals surface area contributed by atoms with Gasteiger partial charge in [-0.2, -0.15) is 0 Å². The summed E-state index contributed by atoms with van der Waals surface area (Å²) in [5.74, 6) is -1.46. The molecule has 0 aliphatic carbocycles. The van der Waals surface area contributed by atoms with E-state index in [9.17, 15) is 9.59 Å². The lowest BCUT2D eigenvalue weighted by atomic mass is 9.83. The fraction of sp³-hybridized carbons (Fsp3) is 0.846. The van der Waals surface area contributed by atoms with Gasteiger partial charge < -0.3 is 15.3 Å². The van der Waals surface area contributed by atoms with E-state index in [1.165, 1.54) is 0 Å². The topological polar surface area (TPSA) is 69.6 Å². The van der Waals surface area contributed by atoms with Gasteiger partial charge in [0.2, 0.25) is 0 Å². The number of carboxylic acids is 1. The highest BCUT2D eigenvalue weighted by atomic mass is 16.4. The van der Waals surface area contributed by atoms with Crippen LogP contribution in [0.5, 0.6) is 0 Å². The van der Waals surface area contributed by atoms with Crippen molar-refractivity contribution in [3.63, 3.8) is 0 Å². The fourth-order valence-corrected chi connectivity index (χ4v) is 1.94. The van der Waals surface area contributed by atoms with Crippen molar-refractivity contribution in [2.45, 2.75) is 46.6 Å². The van der Waals surface area contributed by atoms with Crippen LogP contribution in [0, 0.1) is 11.3 Å². The molecule has 0 aromatic rings. The molecule has 1 fully saturated rings. The highest BCUT2D eigenvalue weighted by Gasteiger charge is 2.29. The molecule has 0 spiro atoms. The lowest BCUT2D eigenvalue weighted by molar-refractivity contribution is -0.141. The Labute approximate surface area is 109 Å². The fourth-order valence-electron chi connectivity index (χ4n) is 1.94. The zero-order valence-corrected chi connectivity index (χ0v) is 11.7. The maximum Gasteiger partial charge on any atom is 0.317 e. The third kappa shape index (κ3) is 3.89. The first-order valence-electron chi connectivity index (χ1n) is 6.51. The number of aliphatic carboxylic acids is 1. The van der Waals surface area contributed by atoms with Gasteiger partial charge in [0.1, 0.15) is 0 Å². The van der Waals surface area contributed by atoms with Gasteiger partial charge in [-0.15, -0.1) is 0 Å². The molecular formula is C13H24N2O3. The first-order chi connectivity index (χ1) is 8.23. The van der Waals surface area contributed by atoms with Gasteiger partial charge >= 0.3 is 12.0 Å². The van der Waals surface area contributed by atoms with Crippen molar-refractivity contribution in [2.24, 2.45) is 11.3 Å². The number of carbonyl (C=O) groups is 2. The Balaban J connectivity index is 2.45. The van der Waals surface area contributed by atoms with Crippen LogP contribution in [-0.4, -0.2) is 41.1 Å². The SMILES string of the molecule is CC(NC(=O)N1CCC(C)(C)CC1)C(C)C(=O)O. The van der Waals surface area contributed by atoms with Crippen LogP contribution in [0.3, 0.4) is 0 Å². The van der Waals surface area contributed by atoms with Crippen molar-refractivity contribution in [1.82, 2.24) is 10.2 Å². The Bertz CT molecular complexity index is 318. The number of hydrogen-bond donors (Lipinski definition) is 2. The van der Waals surface area contributed by atoms with Crippen LogP contribution in [0.15, 0.2) is 0 Å². The maximum atomic E-state index is 12.0. The molecule has 0 aromatic carbocycles. The first-order valence-corrected chi connectivity index (χ1v) is 6.51. The normalized spacial score (nSPS) is 22.1. The van der Waals surface area contributed by atoms with E-state index >= 15 is 0 Å². The average molecular weight is 256 g/mol. The molecule has 5 heteroatoms. The summed E-state index contributed by atoms with van der Waals surface area (Å²) < 4.78 is 0. The number of carbonyl (C=O) groups excluding carboxylic acids is 1.